The summed E-state index contributed by atoms with van der Waals surface area (Å²) >= 11 is 0. The first-order chi connectivity index (χ1) is 13.1. The number of carbonyl (C=O) groups excluding carboxylic acids is 3. The summed E-state index contributed by atoms with van der Waals surface area (Å²) in [4.78, 5) is 35.1. The molecule has 9 nitrogen and oxygen atoms in total. The van der Waals surface area contributed by atoms with Crippen LogP contribution < -0.4 is 15.6 Å². The minimum absolute atomic E-state index is 0.0541. The highest BCUT2D eigenvalue weighted by molar-refractivity contribution is 7.89. The quantitative estimate of drug-likeness (QED) is 0.412. The molecule has 0 aliphatic carbocycles. The van der Waals surface area contributed by atoms with Crippen LogP contribution in [0.25, 0.3) is 0 Å². The monoisotopic (exact) mass is 405 g/mol. The van der Waals surface area contributed by atoms with E-state index in [1.165, 1.54) is 62.4 Å². The maximum Gasteiger partial charge on any atom is 0.273 e. The summed E-state index contributed by atoms with van der Waals surface area (Å²) in [5.41, 5.74) is 4.48. The van der Waals surface area contributed by atoms with Crippen molar-refractivity contribution < 1.29 is 27.9 Å². The third-order valence-corrected chi connectivity index (χ3v) is 5.30. The fraction of sp³-hybridized carbons (Fsp3) is 0.167. The molecule has 1 unspecified atom stereocenters. The zero-order valence-electron chi connectivity index (χ0n) is 15.1. The molecule has 0 saturated carbocycles. The second-order valence-corrected chi connectivity index (χ2v) is 7.60. The van der Waals surface area contributed by atoms with Crippen molar-refractivity contribution in [1.82, 2.24) is 15.6 Å². The Morgan fingerprint density at radius 2 is 1.57 bits per heavy atom. The first-order valence-electron chi connectivity index (χ1n) is 8.13. The number of sulfonamides is 1. The van der Waals surface area contributed by atoms with E-state index in [9.17, 15) is 27.9 Å². The molecule has 10 heteroatoms. The standard InChI is InChI=1S/C18H19N3O6S/c1-11(17(24)19-20-18(25)15-5-3-4-6-16(15)23)21-28(26,27)14-9-7-13(8-10-14)12(2)22/h3-11,21,23H,1-2H3,(H,19,24)(H,20,25). The Hall–Kier alpha value is -3.24. The van der Waals surface area contributed by atoms with Gasteiger partial charge in [0.25, 0.3) is 11.8 Å². The summed E-state index contributed by atoms with van der Waals surface area (Å²) in [6.45, 7) is 2.65. The summed E-state index contributed by atoms with van der Waals surface area (Å²) < 4.78 is 26.8. The normalized spacial score (nSPS) is 12.1. The van der Waals surface area contributed by atoms with Crippen molar-refractivity contribution in [3.8, 4) is 5.75 Å². The predicted molar refractivity (Wildman–Crippen MR) is 99.9 cm³/mol. The number of benzene rings is 2. The Balaban J connectivity index is 1.98. The van der Waals surface area contributed by atoms with Crippen LogP contribution in [0.15, 0.2) is 53.4 Å². The van der Waals surface area contributed by atoms with Crippen LogP contribution in [0, 0.1) is 0 Å². The van der Waals surface area contributed by atoms with Gasteiger partial charge in [-0.3, -0.25) is 25.2 Å². The Bertz CT molecular complexity index is 1000. The summed E-state index contributed by atoms with van der Waals surface area (Å²) in [5.74, 6) is -2.05. The van der Waals surface area contributed by atoms with E-state index in [-0.39, 0.29) is 22.0 Å². The summed E-state index contributed by atoms with van der Waals surface area (Å²) in [7, 11) is -4.02. The van der Waals surface area contributed by atoms with Crippen LogP contribution in [0.2, 0.25) is 0 Å². The molecule has 2 aromatic carbocycles. The van der Waals surface area contributed by atoms with Gasteiger partial charge in [-0.05, 0) is 38.1 Å². The lowest BCUT2D eigenvalue weighted by Gasteiger charge is -2.15. The smallest absolute Gasteiger partial charge is 0.273 e. The molecule has 2 aromatic rings. The van der Waals surface area contributed by atoms with Gasteiger partial charge in [0.15, 0.2) is 5.78 Å². The number of Topliss-reactive ketones (excluding diaryl/α,β-unsaturated/α-hetero) is 1. The molecule has 0 radical (unpaired) electrons. The van der Waals surface area contributed by atoms with E-state index >= 15 is 0 Å². The number of hydrogen-bond donors (Lipinski definition) is 4. The van der Waals surface area contributed by atoms with Gasteiger partial charge in [0.2, 0.25) is 10.0 Å². The number of rotatable bonds is 6. The van der Waals surface area contributed by atoms with Crippen LogP contribution >= 0.6 is 0 Å². The van der Waals surface area contributed by atoms with E-state index in [1.807, 2.05) is 0 Å². The lowest BCUT2D eigenvalue weighted by Crippen LogP contribution is -2.51. The topological polar surface area (TPSA) is 142 Å². The van der Waals surface area contributed by atoms with Crippen LogP contribution in [0.4, 0.5) is 0 Å². The Morgan fingerprint density at radius 1 is 0.964 bits per heavy atom. The zero-order valence-corrected chi connectivity index (χ0v) is 15.9. The fourth-order valence-electron chi connectivity index (χ4n) is 2.18. The number of amides is 2. The van der Waals surface area contributed by atoms with Gasteiger partial charge in [-0.25, -0.2) is 8.42 Å². The van der Waals surface area contributed by atoms with Gasteiger partial charge < -0.3 is 5.11 Å². The molecule has 148 valence electrons. The van der Waals surface area contributed by atoms with Gasteiger partial charge in [0.1, 0.15) is 5.75 Å². The summed E-state index contributed by atoms with van der Waals surface area (Å²) in [6.07, 6.45) is 0. The number of para-hydroxylation sites is 1. The van der Waals surface area contributed by atoms with Crippen molar-refractivity contribution in [2.45, 2.75) is 24.8 Å². The van der Waals surface area contributed by atoms with E-state index in [0.717, 1.165) is 0 Å². The highest BCUT2D eigenvalue weighted by Crippen LogP contribution is 2.15. The maximum absolute atomic E-state index is 12.3. The van der Waals surface area contributed by atoms with Gasteiger partial charge in [0, 0.05) is 5.56 Å². The van der Waals surface area contributed by atoms with Crippen molar-refractivity contribution in [2.75, 3.05) is 0 Å². The summed E-state index contributed by atoms with van der Waals surface area (Å²) in [5, 5.41) is 9.60. The highest BCUT2D eigenvalue weighted by atomic mass is 32.2. The molecule has 2 rings (SSSR count). The van der Waals surface area contributed by atoms with E-state index in [1.54, 1.807) is 0 Å². The lowest BCUT2D eigenvalue weighted by atomic mass is 10.2. The van der Waals surface area contributed by atoms with Crippen molar-refractivity contribution in [2.24, 2.45) is 0 Å². The molecule has 4 N–H and O–H groups in total. The minimum Gasteiger partial charge on any atom is -0.507 e. The van der Waals surface area contributed by atoms with Crippen molar-refractivity contribution >= 4 is 27.6 Å². The average Bonchev–Trinajstić information content (AvgIpc) is 2.65. The molecule has 1 atom stereocenters. The number of carbonyl (C=O) groups is 3. The van der Waals surface area contributed by atoms with Crippen LogP contribution in [0.5, 0.6) is 5.75 Å². The van der Waals surface area contributed by atoms with Crippen LogP contribution in [0.3, 0.4) is 0 Å². The minimum atomic E-state index is -4.02. The maximum atomic E-state index is 12.3. The molecule has 2 amide bonds. The molecule has 28 heavy (non-hydrogen) atoms. The predicted octanol–water partition coefficient (Wildman–Crippen LogP) is 0.723. The number of ketones is 1. The van der Waals surface area contributed by atoms with Gasteiger partial charge in [0.05, 0.1) is 16.5 Å². The Labute approximate surface area is 161 Å². The lowest BCUT2D eigenvalue weighted by molar-refractivity contribution is -0.123. The van der Waals surface area contributed by atoms with E-state index < -0.39 is 27.9 Å². The first kappa shape index (κ1) is 21.1. The average molecular weight is 405 g/mol. The van der Waals surface area contributed by atoms with Crippen LogP contribution in [0.1, 0.15) is 34.6 Å². The highest BCUT2D eigenvalue weighted by Gasteiger charge is 2.23. The van der Waals surface area contributed by atoms with E-state index in [2.05, 4.69) is 15.6 Å². The molecular weight excluding hydrogens is 386 g/mol. The van der Waals surface area contributed by atoms with Crippen molar-refractivity contribution in [3.63, 3.8) is 0 Å². The van der Waals surface area contributed by atoms with Gasteiger partial charge in [-0.15, -0.1) is 0 Å². The third-order valence-electron chi connectivity index (χ3n) is 3.74. The molecule has 0 heterocycles. The fourth-order valence-corrected chi connectivity index (χ4v) is 3.39. The second kappa shape index (κ2) is 8.63. The zero-order chi connectivity index (χ0) is 20.9. The molecule has 0 aliphatic heterocycles. The number of aromatic hydroxyl groups is 1. The van der Waals surface area contributed by atoms with Gasteiger partial charge >= 0.3 is 0 Å². The molecule has 0 spiro atoms. The van der Waals surface area contributed by atoms with Crippen LogP contribution in [-0.4, -0.2) is 37.2 Å². The van der Waals surface area contributed by atoms with Gasteiger partial charge in [-0.2, -0.15) is 4.72 Å². The Kier molecular flexibility index (Phi) is 6.49. The number of phenolic OH excluding ortho intramolecular Hbond substituents is 1. The number of hydrogen-bond acceptors (Lipinski definition) is 6. The molecule has 0 aliphatic rings. The van der Waals surface area contributed by atoms with Crippen molar-refractivity contribution in [3.05, 3.63) is 59.7 Å². The third kappa shape index (κ3) is 5.15. The van der Waals surface area contributed by atoms with E-state index in [0.29, 0.717) is 5.56 Å². The van der Waals surface area contributed by atoms with Gasteiger partial charge in [-0.1, -0.05) is 24.3 Å². The molecule has 0 aromatic heterocycles. The first-order valence-corrected chi connectivity index (χ1v) is 9.61. The number of phenols is 1. The SMILES string of the molecule is CC(=O)c1ccc(S(=O)(=O)NC(C)C(=O)NNC(=O)c2ccccc2O)cc1. The largest absolute Gasteiger partial charge is 0.507 e. The van der Waals surface area contributed by atoms with E-state index in [4.69, 9.17) is 0 Å². The molecular formula is C18H19N3O6S. The molecule has 0 saturated heterocycles. The summed E-state index contributed by atoms with van der Waals surface area (Å²) in [6, 6.07) is 9.77. The number of nitrogens with one attached hydrogen (secondary N) is 3. The Morgan fingerprint density at radius 3 is 2.14 bits per heavy atom. The van der Waals surface area contributed by atoms with Crippen molar-refractivity contribution in [1.29, 1.82) is 0 Å². The van der Waals surface area contributed by atoms with Crippen LogP contribution in [-0.2, 0) is 14.8 Å². The second-order valence-electron chi connectivity index (χ2n) is 5.88. The number of hydrazine groups is 1. The molecule has 0 fully saturated rings. The molecule has 0 bridgehead atoms.